The van der Waals surface area contributed by atoms with Crippen LogP contribution in [0.1, 0.15) is 5.56 Å². The molecule has 1 aliphatic carbocycles. The van der Waals surface area contributed by atoms with Crippen LogP contribution in [0.3, 0.4) is 0 Å². The Morgan fingerprint density at radius 2 is 1.79 bits per heavy atom. The standard InChI is InChI=1S/C32H32FN5O3S/c33-29-14-25(7-8-30(29)37-9-11-40-12-10-37)38(32(39)41-31-2-1-13-42-31)20-28-26-18-36(19-27(26)28)17-22-3-5-23(6-4-22)24-15-34-21-35-16-24/h1-8,13-16,21,26-28H,9-12,17-20H2. The Bertz CT molecular complexity index is 1500. The number of thiophene rings is 1. The Balaban J connectivity index is 1.01. The van der Waals surface area contributed by atoms with Gasteiger partial charge >= 0.3 is 6.09 Å². The fraction of sp³-hybridized carbons (Fsp3) is 0.344. The molecule has 3 aliphatic rings. The SMILES string of the molecule is O=C(Oc1cccs1)N(CC1C2CN(Cc3ccc(-c4cncnc4)cc3)CC21)c1ccc(N2CCOCC2)c(F)c1. The molecule has 3 fully saturated rings. The minimum atomic E-state index is -0.471. The molecule has 0 N–H and O–H groups in total. The van der Waals surface area contributed by atoms with Crippen molar-refractivity contribution in [1.29, 1.82) is 0 Å². The highest BCUT2D eigenvalue weighted by molar-refractivity contribution is 7.11. The van der Waals surface area contributed by atoms with E-state index in [0.29, 0.717) is 67.0 Å². The summed E-state index contributed by atoms with van der Waals surface area (Å²) < 4.78 is 26.4. The molecule has 0 spiro atoms. The monoisotopic (exact) mass is 585 g/mol. The number of rotatable bonds is 8. The van der Waals surface area contributed by atoms with Crippen LogP contribution in [0, 0.1) is 23.6 Å². The van der Waals surface area contributed by atoms with Crippen LogP contribution in [0.15, 0.2) is 78.7 Å². The Labute approximate surface area is 248 Å². The lowest BCUT2D eigenvalue weighted by molar-refractivity contribution is 0.122. The lowest BCUT2D eigenvalue weighted by atomic mass is 10.1. The number of aromatic nitrogens is 2. The first kappa shape index (κ1) is 27.0. The lowest BCUT2D eigenvalue weighted by Gasteiger charge is -2.30. The predicted molar refractivity (Wildman–Crippen MR) is 160 cm³/mol. The van der Waals surface area contributed by atoms with E-state index in [2.05, 4.69) is 39.1 Å². The maximum Gasteiger partial charge on any atom is 0.420 e. The molecule has 2 aromatic carbocycles. The minimum Gasteiger partial charge on any atom is -0.399 e. The molecule has 2 aliphatic heterocycles. The summed E-state index contributed by atoms with van der Waals surface area (Å²) in [6.07, 6.45) is 4.71. The van der Waals surface area contributed by atoms with Gasteiger partial charge in [0.05, 0.1) is 24.6 Å². The summed E-state index contributed by atoms with van der Waals surface area (Å²) >= 11 is 1.37. The van der Waals surface area contributed by atoms with E-state index in [1.54, 1.807) is 17.0 Å². The summed E-state index contributed by atoms with van der Waals surface area (Å²) in [5, 5.41) is 2.40. The van der Waals surface area contributed by atoms with Gasteiger partial charge in [-0.1, -0.05) is 24.3 Å². The van der Waals surface area contributed by atoms with Crippen LogP contribution in [0.4, 0.5) is 20.6 Å². The molecule has 216 valence electrons. The summed E-state index contributed by atoms with van der Waals surface area (Å²) in [5.74, 6) is 1.05. The number of halogens is 1. The fourth-order valence-corrected chi connectivity index (χ4v) is 6.90. The van der Waals surface area contributed by atoms with E-state index in [4.69, 9.17) is 9.47 Å². The van der Waals surface area contributed by atoms with Gasteiger partial charge in [0, 0.05) is 57.2 Å². The van der Waals surface area contributed by atoms with Gasteiger partial charge in [-0.05, 0) is 64.6 Å². The van der Waals surface area contributed by atoms with E-state index in [9.17, 15) is 4.79 Å². The van der Waals surface area contributed by atoms with Crippen molar-refractivity contribution in [3.05, 3.63) is 90.1 Å². The molecule has 4 aromatic rings. The van der Waals surface area contributed by atoms with Gasteiger partial charge in [0.15, 0.2) is 5.06 Å². The lowest BCUT2D eigenvalue weighted by Crippen LogP contribution is -2.38. The van der Waals surface area contributed by atoms with Crippen LogP contribution in [0.25, 0.3) is 11.1 Å². The first-order valence-electron chi connectivity index (χ1n) is 14.3. The van der Waals surface area contributed by atoms with Crippen molar-refractivity contribution in [2.75, 3.05) is 55.7 Å². The minimum absolute atomic E-state index is 0.337. The summed E-state index contributed by atoms with van der Waals surface area (Å²) in [6, 6.07) is 17.3. The first-order valence-corrected chi connectivity index (χ1v) is 15.2. The molecule has 2 aromatic heterocycles. The van der Waals surface area contributed by atoms with Crippen molar-refractivity contribution in [3.63, 3.8) is 0 Å². The third kappa shape index (κ3) is 5.74. The number of piperidine rings is 1. The van der Waals surface area contributed by atoms with Crippen molar-refractivity contribution >= 4 is 28.8 Å². The zero-order valence-electron chi connectivity index (χ0n) is 23.1. The molecule has 2 unspecified atom stereocenters. The molecule has 0 radical (unpaired) electrons. The number of hydrogen-bond donors (Lipinski definition) is 0. The van der Waals surface area contributed by atoms with Gasteiger partial charge in [-0.2, -0.15) is 0 Å². The number of amides is 1. The molecule has 2 atom stereocenters. The zero-order chi connectivity index (χ0) is 28.5. The molecule has 7 rings (SSSR count). The van der Waals surface area contributed by atoms with Crippen molar-refractivity contribution in [2.45, 2.75) is 6.54 Å². The quantitative estimate of drug-likeness (QED) is 0.268. The van der Waals surface area contributed by atoms with E-state index in [1.807, 2.05) is 34.8 Å². The topological polar surface area (TPSA) is 71.0 Å². The van der Waals surface area contributed by atoms with Crippen LogP contribution < -0.4 is 14.5 Å². The Hall–Kier alpha value is -3.86. The van der Waals surface area contributed by atoms with Gasteiger partial charge in [-0.15, -0.1) is 11.3 Å². The van der Waals surface area contributed by atoms with Crippen LogP contribution in [-0.4, -0.2) is 66.9 Å². The average Bonchev–Trinajstić information content (AvgIpc) is 3.35. The number of fused-ring (bicyclic) bond motifs is 1. The van der Waals surface area contributed by atoms with Gasteiger partial charge in [0.1, 0.15) is 12.1 Å². The Morgan fingerprint density at radius 1 is 1.02 bits per heavy atom. The van der Waals surface area contributed by atoms with Gasteiger partial charge < -0.3 is 14.4 Å². The second-order valence-electron chi connectivity index (χ2n) is 11.2. The molecule has 1 saturated carbocycles. The van der Waals surface area contributed by atoms with E-state index in [0.717, 1.165) is 30.8 Å². The number of ether oxygens (including phenoxy) is 2. The van der Waals surface area contributed by atoms with Crippen molar-refractivity contribution in [3.8, 4) is 16.2 Å². The van der Waals surface area contributed by atoms with Crippen LogP contribution in [0.2, 0.25) is 0 Å². The number of nitrogens with zero attached hydrogens (tertiary/aromatic N) is 5. The fourth-order valence-electron chi connectivity index (χ4n) is 6.33. The zero-order valence-corrected chi connectivity index (χ0v) is 24.0. The van der Waals surface area contributed by atoms with Gasteiger partial charge in [-0.3, -0.25) is 9.80 Å². The maximum absolute atomic E-state index is 15.3. The molecular weight excluding hydrogens is 553 g/mol. The largest absolute Gasteiger partial charge is 0.420 e. The van der Waals surface area contributed by atoms with Gasteiger partial charge in [0.2, 0.25) is 0 Å². The number of carbonyl (C=O) groups excluding carboxylic acids is 1. The van der Waals surface area contributed by atoms with E-state index in [1.165, 1.54) is 29.3 Å². The third-order valence-electron chi connectivity index (χ3n) is 8.59. The third-order valence-corrected chi connectivity index (χ3v) is 9.34. The number of hydrogen-bond acceptors (Lipinski definition) is 8. The highest BCUT2D eigenvalue weighted by Crippen LogP contribution is 2.52. The molecule has 1 amide bonds. The van der Waals surface area contributed by atoms with Crippen molar-refractivity contribution < 1.29 is 18.7 Å². The van der Waals surface area contributed by atoms with E-state index < -0.39 is 6.09 Å². The molecular formula is C32H32FN5O3S. The maximum atomic E-state index is 15.3. The van der Waals surface area contributed by atoms with Crippen LogP contribution in [0.5, 0.6) is 5.06 Å². The van der Waals surface area contributed by atoms with Crippen molar-refractivity contribution in [2.24, 2.45) is 17.8 Å². The molecule has 10 heteroatoms. The normalized spacial score (nSPS) is 21.6. The van der Waals surface area contributed by atoms with Crippen LogP contribution in [-0.2, 0) is 11.3 Å². The average molecular weight is 586 g/mol. The van der Waals surface area contributed by atoms with Gasteiger partial charge in [-0.25, -0.2) is 19.2 Å². The number of anilines is 2. The second kappa shape index (κ2) is 11.8. The predicted octanol–water partition coefficient (Wildman–Crippen LogP) is 5.56. The van der Waals surface area contributed by atoms with Crippen LogP contribution >= 0.6 is 11.3 Å². The number of carbonyl (C=O) groups is 1. The summed E-state index contributed by atoms with van der Waals surface area (Å²) in [7, 11) is 0. The smallest absolute Gasteiger partial charge is 0.399 e. The van der Waals surface area contributed by atoms with Gasteiger partial charge in [0.25, 0.3) is 0 Å². The first-order chi connectivity index (χ1) is 20.6. The summed E-state index contributed by atoms with van der Waals surface area (Å²) in [6.45, 7) is 5.83. The highest BCUT2D eigenvalue weighted by Gasteiger charge is 2.56. The number of morpholine rings is 1. The summed E-state index contributed by atoms with van der Waals surface area (Å²) in [5.41, 5.74) is 4.44. The molecule has 0 bridgehead atoms. The second-order valence-corrected chi connectivity index (χ2v) is 12.1. The Morgan fingerprint density at radius 3 is 2.48 bits per heavy atom. The Kier molecular flexibility index (Phi) is 7.58. The van der Waals surface area contributed by atoms with Crippen molar-refractivity contribution in [1.82, 2.24) is 14.9 Å². The molecule has 2 saturated heterocycles. The summed E-state index contributed by atoms with van der Waals surface area (Å²) in [4.78, 5) is 27.7. The number of likely N-dealkylation sites (tertiary alicyclic amines) is 1. The highest BCUT2D eigenvalue weighted by atomic mass is 32.1. The molecule has 4 heterocycles. The number of benzene rings is 2. The van der Waals surface area contributed by atoms with E-state index >= 15 is 4.39 Å². The molecule has 42 heavy (non-hydrogen) atoms. The van der Waals surface area contributed by atoms with E-state index in [-0.39, 0.29) is 5.82 Å². The molecule has 8 nitrogen and oxygen atoms in total.